The molecule has 1 heterocycles. The summed E-state index contributed by atoms with van der Waals surface area (Å²) in [6, 6.07) is 0.955. The molecule has 4 fully saturated rings. The molecule has 4 atom stereocenters. The average molecular weight is 309 g/mol. The third-order valence-electron chi connectivity index (χ3n) is 7.11. The maximum Gasteiger partial charge on any atom is 0.0889 e. The third-order valence-corrected chi connectivity index (χ3v) is 7.11. The second-order valence-corrected chi connectivity index (χ2v) is 10.6. The van der Waals surface area contributed by atoms with Gasteiger partial charge in [-0.05, 0) is 50.4 Å². The predicted octanol–water partition coefficient (Wildman–Crippen LogP) is 3.76. The van der Waals surface area contributed by atoms with Gasteiger partial charge in [0.25, 0.3) is 0 Å². The molecule has 4 unspecified atom stereocenters. The summed E-state index contributed by atoms with van der Waals surface area (Å²) in [4.78, 5) is 0. The Bertz CT molecular complexity index is 356. The van der Waals surface area contributed by atoms with Gasteiger partial charge in [0.2, 0.25) is 0 Å². The van der Waals surface area contributed by atoms with Gasteiger partial charge in [-0.15, -0.1) is 0 Å². The van der Waals surface area contributed by atoms with E-state index in [0.29, 0.717) is 0 Å². The van der Waals surface area contributed by atoms with E-state index in [1.54, 1.807) is 12.8 Å². The van der Waals surface area contributed by atoms with E-state index in [4.69, 9.17) is 0 Å². The lowest BCUT2D eigenvalue weighted by atomic mass is 9.84. The van der Waals surface area contributed by atoms with Crippen molar-refractivity contribution in [3.05, 3.63) is 0 Å². The van der Waals surface area contributed by atoms with Crippen LogP contribution >= 0.6 is 0 Å². The molecule has 4 bridgehead atoms. The van der Waals surface area contributed by atoms with Crippen molar-refractivity contribution < 1.29 is 8.97 Å². The molecule has 0 radical (unpaired) electrons. The number of hydrogen-bond donors (Lipinski definition) is 0. The molecule has 0 amide bonds. The summed E-state index contributed by atoms with van der Waals surface area (Å²) in [6.07, 6.45) is 12.2. The normalized spacial score (nSPS) is 42.7. The highest BCUT2D eigenvalue weighted by molar-refractivity contribution is 4.85. The number of piperidine rings is 1. The summed E-state index contributed by atoms with van der Waals surface area (Å²) >= 11 is 0. The molecule has 22 heavy (non-hydrogen) atoms. The molecule has 4 aliphatic rings. The molecular formula is C20H40N2+2. The lowest BCUT2D eigenvalue weighted by molar-refractivity contribution is -0.900. The van der Waals surface area contributed by atoms with Crippen LogP contribution in [0.5, 0.6) is 0 Å². The number of fused-ring (bicyclic) bond motifs is 4. The molecule has 0 aromatic heterocycles. The molecule has 0 spiro atoms. The SMILES string of the molecule is C[N+](C)(C)C1CC2CCC(C2)C1.C[N+]1(C)CC2CCC(C2)C1. The van der Waals surface area contributed by atoms with Gasteiger partial charge in [0.15, 0.2) is 0 Å². The van der Waals surface area contributed by atoms with Crippen LogP contribution in [0.4, 0.5) is 0 Å². The van der Waals surface area contributed by atoms with E-state index in [1.807, 2.05) is 0 Å². The molecule has 1 aliphatic heterocycles. The molecule has 2 heteroatoms. The van der Waals surface area contributed by atoms with Crippen molar-refractivity contribution in [1.29, 1.82) is 0 Å². The van der Waals surface area contributed by atoms with Crippen LogP contribution in [-0.2, 0) is 0 Å². The van der Waals surface area contributed by atoms with E-state index in [9.17, 15) is 0 Å². The highest BCUT2D eigenvalue weighted by atomic mass is 15.3. The quantitative estimate of drug-likeness (QED) is 0.647. The predicted molar refractivity (Wildman–Crippen MR) is 94.6 cm³/mol. The summed E-state index contributed by atoms with van der Waals surface area (Å²) in [5.41, 5.74) is 0. The molecule has 1 saturated heterocycles. The van der Waals surface area contributed by atoms with Gasteiger partial charge in [-0.2, -0.15) is 0 Å². The fourth-order valence-electron chi connectivity index (χ4n) is 6.09. The summed E-state index contributed by atoms with van der Waals surface area (Å²) in [7, 11) is 11.8. The molecule has 3 saturated carbocycles. The monoisotopic (exact) mass is 308 g/mol. The van der Waals surface area contributed by atoms with Crippen LogP contribution < -0.4 is 0 Å². The highest BCUT2D eigenvalue weighted by Crippen LogP contribution is 2.44. The van der Waals surface area contributed by atoms with Crippen molar-refractivity contribution in [2.45, 2.75) is 57.4 Å². The Morgan fingerprint density at radius 2 is 1.05 bits per heavy atom. The zero-order valence-corrected chi connectivity index (χ0v) is 15.9. The second kappa shape index (κ2) is 6.09. The van der Waals surface area contributed by atoms with Crippen LogP contribution in [0.25, 0.3) is 0 Å². The molecule has 3 aliphatic carbocycles. The topological polar surface area (TPSA) is 0 Å². The number of nitrogens with zero attached hydrogens (tertiary/aromatic N) is 2. The van der Waals surface area contributed by atoms with Gasteiger partial charge < -0.3 is 8.97 Å². The zero-order chi connectivity index (χ0) is 16.0. The fourth-order valence-corrected chi connectivity index (χ4v) is 6.09. The van der Waals surface area contributed by atoms with Crippen LogP contribution in [0.15, 0.2) is 0 Å². The van der Waals surface area contributed by atoms with E-state index in [0.717, 1.165) is 29.7 Å². The van der Waals surface area contributed by atoms with E-state index >= 15 is 0 Å². The molecule has 128 valence electrons. The Hall–Kier alpha value is -0.0800. The van der Waals surface area contributed by atoms with Crippen molar-refractivity contribution >= 4 is 0 Å². The molecule has 0 aromatic carbocycles. The van der Waals surface area contributed by atoms with Crippen LogP contribution in [0.3, 0.4) is 0 Å². The van der Waals surface area contributed by atoms with Gasteiger partial charge in [0, 0.05) is 24.7 Å². The van der Waals surface area contributed by atoms with Crippen molar-refractivity contribution in [3.63, 3.8) is 0 Å². The summed E-state index contributed by atoms with van der Waals surface area (Å²) in [5, 5.41) is 0. The largest absolute Gasteiger partial charge is 0.328 e. The average Bonchev–Trinajstić information content (AvgIpc) is 2.90. The standard InChI is InChI=1S/C11H22N.C9H18N/c1-12(2,3)11-7-9-4-5-10(6-9)8-11;1-10(2)6-8-3-4-9(5-8)7-10/h9-11H,4-8H2,1-3H3;8-9H,3-7H2,1-2H3/q2*+1. The Balaban J connectivity index is 0.000000133. The maximum atomic E-state index is 2.38. The van der Waals surface area contributed by atoms with Crippen molar-refractivity contribution in [2.24, 2.45) is 23.7 Å². The van der Waals surface area contributed by atoms with E-state index in [2.05, 4.69) is 35.2 Å². The smallest absolute Gasteiger partial charge is 0.0889 e. The number of likely N-dealkylation sites (tertiary alicyclic amines) is 1. The van der Waals surface area contributed by atoms with Crippen LogP contribution in [-0.4, -0.2) is 63.3 Å². The zero-order valence-electron chi connectivity index (χ0n) is 15.9. The first-order valence-corrected chi connectivity index (χ1v) is 9.84. The van der Waals surface area contributed by atoms with E-state index in [-0.39, 0.29) is 0 Å². The Morgan fingerprint density at radius 3 is 1.50 bits per heavy atom. The third kappa shape index (κ3) is 4.06. The number of quaternary nitrogens is 2. The van der Waals surface area contributed by atoms with Crippen LogP contribution in [0.2, 0.25) is 0 Å². The second-order valence-electron chi connectivity index (χ2n) is 10.6. The minimum atomic E-state index is 0.955. The summed E-state index contributed by atoms with van der Waals surface area (Å²) in [6.45, 7) is 2.88. The van der Waals surface area contributed by atoms with Crippen molar-refractivity contribution in [2.75, 3.05) is 48.3 Å². The first kappa shape index (κ1) is 16.8. The highest BCUT2D eigenvalue weighted by Gasteiger charge is 2.40. The van der Waals surface area contributed by atoms with E-state index in [1.165, 1.54) is 60.6 Å². The first-order chi connectivity index (χ1) is 10.2. The van der Waals surface area contributed by atoms with Gasteiger partial charge in [-0.1, -0.05) is 0 Å². The van der Waals surface area contributed by atoms with Gasteiger partial charge in [-0.25, -0.2) is 0 Å². The van der Waals surface area contributed by atoms with Gasteiger partial charge in [0.05, 0.1) is 54.4 Å². The minimum absolute atomic E-state index is 0.955. The van der Waals surface area contributed by atoms with E-state index < -0.39 is 0 Å². The van der Waals surface area contributed by atoms with Gasteiger partial charge in [0.1, 0.15) is 0 Å². The van der Waals surface area contributed by atoms with Gasteiger partial charge >= 0.3 is 0 Å². The number of rotatable bonds is 1. The maximum absolute atomic E-state index is 2.38. The molecule has 0 N–H and O–H groups in total. The molecule has 4 rings (SSSR count). The molecule has 0 aromatic rings. The lowest BCUT2D eigenvalue weighted by Gasteiger charge is -2.39. The summed E-state index contributed by atoms with van der Waals surface area (Å²) < 4.78 is 2.47. The van der Waals surface area contributed by atoms with Crippen molar-refractivity contribution in [1.82, 2.24) is 0 Å². The lowest BCUT2D eigenvalue weighted by Crippen LogP contribution is -2.48. The Labute approximate surface area is 139 Å². The number of hydrogen-bond acceptors (Lipinski definition) is 0. The Morgan fingerprint density at radius 1 is 0.636 bits per heavy atom. The minimum Gasteiger partial charge on any atom is -0.328 e. The first-order valence-electron chi connectivity index (χ1n) is 9.84. The summed E-state index contributed by atoms with van der Waals surface area (Å²) in [5.74, 6) is 4.33. The van der Waals surface area contributed by atoms with Gasteiger partial charge in [-0.3, -0.25) is 0 Å². The molecule has 2 nitrogen and oxygen atoms in total. The Kier molecular flexibility index (Phi) is 4.64. The fraction of sp³-hybridized carbons (Fsp3) is 1.00. The van der Waals surface area contributed by atoms with Crippen LogP contribution in [0.1, 0.15) is 51.4 Å². The van der Waals surface area contributed by atoms with Crippen molar-refractivity contribution in [3.8, 4) is 0 Å². The van der Waals surface area contributed by atoms with Crippen LogP contribution in [0, 0.1) is 23.7 Å². The molecular weight excluding hydrogens is 268 g/mol.